The zero-order valence-corrected chi connectivity index (χ0v) is 21.4. The maximum absolute atomic E-state index is 13.2. The van der Waals surface area contributed by atoms with E-state index in [1.807, 2.05) is 17.3 Å². The van der Waals surface area contributed by atoms with E-state index in [1.165, 1.54) is 11.1 Å². The number of carbonyl (C=O) groups excluding carboxylic acids is 1. The summed E-state index contributed by atoms with van der Waals surface area (Å²) in [4.78, 5) is 30.4. The van der Waals surface area contributed by atoms with Gasteiger partial charge in [-0.1, -0.05) is 34.6 Å². The van der Waals surface area contributed by atoms with Crippen molar-refractivity contribution in [2.75, 3.05) is 18.4 Å². The van der Waals surface area contributed by atoms with Crippen molar-refractivity contribution in [1.82, 2.24) is 30.3 Å². The van der Waals surface area contributed by atoms with Crippen LogP contribution in [0.25, 0.3) is 0 Å². The molecule has 0 unspecified atom stereocenters. The summed E-state index contributed by atoms with van der Waals surface area (Å²) < 4.78 is 0. The number of fused-ring (bicyclic) bond motifs is 2. The molecule has 1 amide bonds. The molecule has 2 aromatic heterocycles. The fraction of sp³-hybridized carbons (Fsp3) is 0.500. The van der Waals surface area contributed by atoms with Gasteiger partial charge in [0.2, 0.25) is 11.9 Å². The van der Waals surface area contributed by atoms with E-state index < -0.39 is 0 Å². The van der Waals surface area contributed by atoms with Gasteiger partial charge in [-0.05, 0) is 49.7 Å². The Morgan fingerprint density at radius 3 is 2.50 bits per heavy atom. The number of hydrogen-bond acceptors (Lipinski definition) is 8. The monoisotopic (exact) mass is 512 g/mol. The van der Waals surface area contributed by atoms with Gasteiger partial charge >= 0.3 is 0 Å². The number of hydrogen-bond donors (Lipinski definition) is 2. The van der Waals surface area contributed by atoms with E-state index >= 15 is 0 Å². The molecule has 4 aliphatic rings. The summed E-state index contributed by atoms with van der Waals surface area (Å²) in [6.07, 6.45) is 11.4. The zero-order valence-electron chi connectivity index (χ0n) is 21.4. The maximum Gasteiger partial charge on any atom is 0.226 e. The second-order valence-electron chi connectivity index (χ2n) is 11.1. The number of nitrogens with one attached hydrogen (secondary N) is 2. The van der Waals surface area contributed by atoms with Crippen LogP contribution in [0.4, 0.5) is 5.95 Å². The molecule has 3 aromatic rings. The Morgan fingerprint density at radius 1 is 1.03 bits per heavy atom. The Bertz CT molecular complexity index is 1330. The van der Waals surface area contributed by atoms with Crippen LogP contribution in [-0.4, -0.2) is 66.6 Å². The fourth-order valence-electron chi connectivity index (χ4n) is 6.42. The summed E-state index contributed by atoms with van der Waals surface area (Å²) in [5.41, 5.74) is 6.32. The lowest BCUT2D eigenvalue weighted by Gasteiger charge is -2.42. The molecule has 196 valence electrons. The standard InChI is InChI=1S/C28H32N8O2/c37-26(20-5-6-24-25(15-20)33-35-32-24)36-11-9-28(10-12-36)8-7-23(34-38-28)21-16-29-27(30-17-21)31-22-13-18-3-1-2-4-19(18)14-22/h1-4,16-17,20,22H,5-15H2,(H,29,30,31)(H,32,33,35)/t20-/m0/s1. The average Bonchev–Trinajstić information content (AvgIpc) is 3.60. The number of oxime groups is 1. The van der Waals surface area contributed by atoms with Crippen LogP contribution in [0.1, 0.15) is 60.2 Å². The van der Waals surface area contributed by atoms with Crippen molar-refractivity contribution in [3.63, 3.8) is 0 Å². The molecular formula is C28H32N8O2. The lowest BCUT2D eigenvalue weighted by molar-refractivity contribution is -0.144. The second kappa shape index (κ2) is 9.49. The van der Waals surface area contributed by atoms with Crippen LogP contribution in [0.2, 0.25) is 0 Å². The summed E-state index contributed by atoms with van der Waals surface area (Å²) in [6, 6.07) is 8.91. The van der Waals surface area contributed by atoms with Gasteiger partial charge in [-0.15, -0.1) is 5.10 Å². The first kappa shape index (κ1) is 23.3. The highest BCUT2D eigenvalue weighted by Crippen LogP contribution is 2.36. The number of piperidine rings is 1. The van der Waals surface area contributed by atoms with Crippen molar-refractivity contribution in [1.29, 1.82) is 0 Å². The van der Waals surface area contributed by atoms with E-state index in [2.05, 4.69) is 60.1 Å². The Morgan fingerprint density at radius 2 is 1.79 bits per heavy atom. The van der Waals surface area contributed by atoms with Gasteiger partial charge in [0.1, 0.15) is 5.60 Å². The Labute approximate surface area is 221 Å². The molecule has 4 heterocycles. The average molecular weight is 513 g/mol. The molecule has 10 nitrogen and oxygen atoms in total. The molecule has 2 N–H and O–H groups in total. The molecule has 0 radical (unpaired) electrons. The lowest BCUT2D eigenvalue weighted by Crippen LogP contribution is -2.50. The molecule has 2 aliphatic carbocycles. The molecule has 1 aromatic carbocycles. The van der Waals surface area contributed by atoms with Gasteiger partial charge in [0.15, 0.2) is 0 Å². The first-order valence-corrected chi connectivity index (χ1v) is 13.7. The highest BCUT2D eigenvalue weighted by atomic mass is 16.7. The molecule has 1 atom stereocenters. The summed E-state index contributed by atoms with van der Waals surface area (Å²) >= 11 is 0. The predicted molar refractivity (Wildman–Crippen MR) is 141 cm³/mol. The van der Waals surface area contributed by atoms with Gasteiger partial charge in [-0.25, -0.2) is 9.97 Å². The number of likely N-dealkylation sites (tertiary alicyclic amines) is 1. The van der Waals surface area contributed by atoms with Crippen LogP contribution in [0, 0.1) is 5.92 Å². The highest BCUT2D eigenvalue weighted by Gasteiger charge is 2.42. The first-order valence-electron chi connectivity index (χ1n) is 13.7. The van der Waals surface area contributed by atoms with Crippen molar-refractivity contribution in [2.24, 2.45) is 11.1 Å². The second-order valence-corrected chi connectivity index (χ2v) is 11.1. The van der Waals surface area contributed by atoms with Crippen LogP contribution in [0.3, 0.4) is 0 Å². The number of amides is 1. The van der Waals surface area contributed by atoms with E-state index in [1.54, 1.807) is 0 Å². The number of benzene rings is 1. The molecule has 1 fully saturated rings. The number of carbonyl (C=O) groups is 1. The SMILES string of the molecule is O=C([C@H]1CCc2[nH]nnc2C1)N1CCC2(CCC(c3cnc(NC4Cc5ccccc5C4)nc3)=NO2)CC1. The lowest BCUT2D eigenvalue weighted by atomic mass is 9.83. The molecule has 10 heteroatoms. The molecule has 38 heavy (non-hydrogen) atoms. The van der Waals surface area contributed by atoms with Gasteiger partial charge in [0, 0.05) is 62.3 Å². The molecule has 0 bridgehead atoms. The molecule has 1 saturated heterocycles. The number of aryl methyl sites for hydroxylation is 1. The van der Waals surface area contributed by atoms with E-state index in [-0.39, 0.29) is 17.4 Å². The summed E-state index contributed by atoms with van der Waals surface area (Å²) in [6.45, 7) is 1.42. The third-order valence-electron chi connectivity index (χ3n) is 8.76. The van der Waals surface area contributed by atoms with Crippen LogP contribution < -0.4 is 5.32 Å². The number of rotatable bonds is 4. The van der Waals surface area contributed by atoms with Gasteiger partial charge < -0.3 is 15.1 Å². The van der Waals surface area contributed by atoms with Crippen molar-refractivity contribution < 1.29 is 9.63 Å². The minimum Gasteiger partial charge on any atom is -0.389 e. The molecule has 7 rings (SSSR count). The highest BCUT2D eigenvalue weighted by molar-refractivity contribution is 6.00. The van der Waals surface area contributed by atoms with E-state index in [4.69, 9.17) is 4.84 Å². The van der Waals surface area contributed by atoms with Crippen molar-refractivity contribution in [2.45, 2.75) is 69.4 Å². The first-order chi connectivity index (χ1) is 18.6. The Balaban J connectivity index is 0.923. The van der Waals surface area contributed by atoms with Crippen molar-refractivity contribution in [3.05, 3.63) is 64.7 Å². The van der Waals surface area contributed by atoms with Crippen LogP contribution in [-0.2, 0) is 35.3 Å². The summed E-state index contributed by atoms with van der Waals surface area (Å²) in [5.74, 6) is 0.885. The van der Waals surface area contributed by atoms with Crippen molar-refractivity contribution in [3.8, 4) is 0 Å². The number of aromatic nitrogens is 5. The van der Waals surface area contributed by atoms with Gasteiger partial charge in [-0.3, -0.25) is 9.89 Å². The third-order valence-corrected chi connectivity index (χ3v) is 8.76. The smallest absolute Gasteiger partial charge is 0.226 e. The molecule has 0 saturated carbocycles. The molecular weight excluding hydrogens is 480 g/mol. The largest absolute Gasteiger partial charge is 0.389 e. The quantitative estimate of drug-likeness (QED) is 0.551. The normalized spacial score (nSPS) is 22.4. The van der Waals surface area contributed by atoms with E-state index in [0.29, 0.717) is 31.5 Å². The number of nitrogens with zero attached hydrogens (tertiary/aromatic N) is 6. The Hall–Kier alpha value is -3.82. The summed E-state index contributed by atoms with van der Waals surface area (Å²) in [7, 11) is 0. The zero-order chi connectivity index (χ0) is 25.5. The minimum atomic E-state index is -0.286. The van der Waals surface area contributed by atoms with Gasteiger partial charge in [-0.2, -0.15) is 0 Å². The number of H-pyrrole nitrogens is 1. The van der Waals surface area contributed by atoms with Gasteiger partial charge in [0.25, 0.3) is 0 Å². The van der Waals surface area contributed by atoms with Gasteiger partial charge in [0.05, 0.1) is 17.1 Å². The molecule has 2 aliphatic heterocycles. The topological polar surface area (TPSA) is 121 Å². The van der Waals surface area contributed by atoms with Crippen LogP contribution >= 0.6 is 0 Å². The minimum absolute atomic E-state index is 0.000000977. The van der Waals surface area contributed by atoms with Crippen LogP contribution in [0.15, 0.2) is 41.8 Å². The van der Waals surface area contributed by atoms with Crippen LogP contribution in [0.5, 0.6) is 0 Å². The Kier molecular flexibility index (Phi) is 5.82. The third kappa shape index (κ3) is 4.41. The van der Waals surface area contributed by atoms with Crippen molar-refractivity contribution >= 4 is 17.6 Å². The summed E-state index contributed by atoms with van der Waals surface area (Å²) in [5, 5.41) is 19.0. The molecule has 1 spiro atoms. The maximum atomic E-state index is 13.2. The van der Waals surface area contributed by atoms with E-state index in [0.717, 1.165) is 74.0 Å². The fourth-order valence-corrected chi connectivity index (χ4v) is 6.42. The number of aromatic amines is 1. The van der Waals surface area contributed by atoms with E-state index in [9.17, 15) is 4.79 Å². The number of anilines is 1. The predicted octanol–water partition coefficient (Wildman–Crippen LogP) is 2.85.